The minimum Gasteiger partial charge on any atom is -0.489 e. The molecule has 8 nitrogen and oxygen atoms in total. The van der Waals surface area contributed by atoms with Gasteiger partial charge in [-0.15, -0.1) is 0 Å². The lowest BCUT2D eigenvalue weighted by Gasteiger charge is -2.08. The fourth-order valence-electron chi connectivity index (χ4n) is 3.66. The topological polar surface area (TPSA) is 95.1 Å². The van der Waals surface area contributed by atoms with Crippen molar-refractivity contribution in [3.05, 3.63) is 89.6 Å². The summed E-state index contributed by atoms with van der Waals surface area (Å²) in [6.45, 7) is 4.03. The molecule has 5 aromatic rings. The molecule has 1 amide bonds. The average molecular weight is 486 g/mol. The van der Waals surface area contributed by atoms with Crippen molar-refractivity contribution in [1.29, 1.82) is 0 Å². The SMILES string of the molecule is Cc1noc(C)c1COc1cccc(C(=O)Nc2nc(-c3ccccc3)c(-c3nccn3C)s2)c1. The molecule has 2 aromatic carbocycles. The van der Waals surface area contributed by atoms with Crippen LogP contribution < -0.4 is 10.1 Å². The van der Waals surface area contributed by atoms with Gasteiger partial charge in [0.2, 0.25) is 0 Å². The number of ether oxygens (including phenoxy) is 1. The zero-order valence-corrected chi connectivity index (χ0v) is 20.3. The summed E-state index contributed by atoms with van der Waals surface area (Å²) in [4.78, 5) is 23.2. The van der Waals surface area contributed by atoms with Crippen LogP contribution >= 0.6 is 11.3 Å². The fraction of sp³-hybridized carbons (Fsp3) is 0.154. The third-order valence-corrected chi connectivity index (χ3v) is 6.55. The van der Waals surface area contributed by atoms with Gasteiger partial charge in [0.1, 0.15) is 18.1 Å². The summed E-state index contributed by atoms with van der Waals surface area (Å²) in [5, 5.41) is 7.38. The molecule has 0 spiro atoms. The number of aryl methyl sites for hydroxylation is 3. The van der Waals surface area contributed by atoms with Crippen LogP contribution in [0.4, 0.5) is 5.13 Å². The lowest BCUT2D eigenvalue weighted by molar-refractivity contribution is 0.102. The van der Waals surface area contributed by atoms with E-state index in [1.165, 1.54) is 11.3 Å². The monoisotopic (exact) mass is 485 g/mol. The molecule has 3 aromatic heterocycles. The Morgan fingerprint density at radius 3 is 2.69 bits per heavy atom. The molecule has 0 bridgehead atoms. The van der Waals surface area contributed by atoms with E-state index in [1.807, 2.05) is 68.1 Å². The van der Waals surface area contributed by atoms with E-state index in [2.05, 4.69) is 15.5 Å². The van der Waals surface area contributed by atoms with Crippen molar-refractivity contribution < 1.29 is 14.1 Å². The Kier molecular flexibility index (Phi) is 6.15. The summed E-state index contributed by atoms with van der Waals surface area (Å²) in [7, 11) is 1.93. The van der Waals surface area contributed by atoms with Crippen LogP contribution in [0.2, 0.25) is 0 Å². The van der Waals surface area contributed by atoms with E-state index in [4.69, 9.17) is 14.2 Å². The third kappa shape index (κ3) is 4.71. The molecule has 0 atom stereocenters. The molecule has 0 radical (unpaired) electrons. The van der Waals surface area contributed by atoms with Crippen LogP contribution in [0.5, 0.6) is 5.75 Å². The van der Waals surface area contributed by atoms with Gasteiger partial charge >= 0.3 is 0 Å². The van der Waals surface area contributed by atoms with Crippen LogP contribution in [0.15, 0.2) is 71.5 Å². The van der Waals surface area contributed by atoms with E-state index in [1.54, 1.807) is 24.4 Å². The Morgan fingerprint density at radius 2 is 1.97 bits per heavy atom. The molecular formula is C26H23N5O3S. The Hall–Kier alpha value is -4.24. The van der Waals surface area contributed by atoms with Crippen LogP contribution in [0.1, 0.15) is 27.4 Å². The molecule has 176 valence electrons. The number of aromatic nitrogens is 4. The first-order valence-electron chi connectivity index (χ1n) is 11.0. The molecule has 0 unspecified atom stereocenters. The standard InChI is InChI=1S/C26H23N5O3S/c1-16-21(17(2)34-30-16)15-33-20-11-7-10-19(14-20)25(32)29-26-28-22(18-8-5-4-6-9-18)23(35-26)24-27-12-13-31(24)3/h4-14H,15H2,1-3H3,(H,28,29,32). The predicted molar refractivity (Wildman–Crippen MR) is 134 cm³/mol. The number of thiazole rings is 1. The second-order valence-corrected chi connectivity index (χ2v) is 9.00. The second-order valence-electron chi connectivity index (χ2n) is 8.00. The molecule has 0 fully saturated rings. The van der Waals surface area contributed by atoms with E-state index in [9.17, 15) is 4.79 Å². The van der Waals surface area contributed by atoms with Gasteiger partial charge in [0.15, 0.2) is 11.0 Å². The van der Waals surface area contributed by atoms with E-state index in [0.717, 1.165) is 39.0 Å². The van der Waals surface area contributed by atoms with Gasteiger partial charge in [0.05, 0.1) is 21.8 Å². The molecule has 0 saturated heterocycles. The molecule has 3 heterocycles. The van der Waals surface area contributed by atoms with Crippen molar-refractivity contribution in [1.82, 2.24) is 19.7 Å². The highest BCUT2D eigenvalue weighted by Crippen LogP contribution is 2.38. The Balaban J connectivity index is 1.38. The Bertz CT molecular complexity index is 1470. The van der Waals surface area contributed by atoms with E-state index in [-0.39, 0.29) is 5.91 Å². The number of carbonyl (C=O) groups excluding carboxylic acids is 1. The molecule has 5 rings (SSSR count). The highest BCUT2D eigenvalue weighted by molar-refractivity contribution is 7.19. The fourth-order valence-corrected chi connectivity index (χ4v) is 4.68. The Morgan fingerprint density at radius 1 is 1.14 bits per heavy atom. The maximum absolute atomic E-state index is 13.1. The van der Waals surface area contributed by atoms with Crippen molar-refractivity contribution >= 4 is 22.4 Å². The molecule has 0 saturated carbocycles. The third-order valence-electron chi connectivity index (χ3n) is 5.58. The summed E-state index contributed by atoms with van der Waals surface area (Å²) in [5.41, 5.74) is 3.89. The minimum atomic E-state index is -0.271. The molecule has 0 aliphatic heterocycles. The summed E-state index contributed by atoms with van der Waals surface area (Å²) >= 11 is 1.39. The van der Waals surface area contributed by atoms with Crippen molar-refractivity contribution in [3.8, 4) is 27.7 Å². The summed E-state index contributed by atoms with van der Waals surface area (Å²) in [5.74, 6) is 1.82. The lowest BCUT2D eigenvalue weighted by Crippen LogP contribution is -2.11. The molecule has 1 N–H and O–H groups in total. The van der Waals surface area contributed by atoms with E-state index >= 15 is 0 Å². The first kappa shape index (κ1) is 22.5. The number of carbonyl (C=O) groups is 1. The number of rotatable bonds is 7. The first-order valence-corrected chi connectivity index (χ1v) is 11.8. The molecule has 35 heavy (non-hydrogen) atoms. The van der Waals surface area contributed by atoms with Crippen LogP contribution in [0, 0.1) is 13.8 Å². The maximum Gasteiger partial charge on any atom is 0.257 e. The van der Waals surface area contributed by atoms with Gasteiger partial charge in [-0.1, -0.05) is 52.9 Å². The largest absolute Gasteiger partial charge is 0.489 e. The van der Waals surface area contributed by atoms with Crippen molar-refractivity contribution in [2.45, 2.75) is 20.5 Å². The number of amides is 1. The van der Waals surface area contributed by atoms with Gasteiger partial charge in [-0.2, -0.15) is 0 Å². The number of anilines is 1. The van der Waals surface area contributed by atoms with Crippen molar-refractivity contribution in [2.24, 2.45) is 7.05 Å². The van der Waals surface area contributed by atoms with Crippen molar-refractivity contribution in [3.63, 3.8) is 0 Å². The van der Waals surface area contributed by atoms with Crippen LogP contribution in [0.3, 0.4) is 0 Å². The average Bonchev–Trinajstić information content (AvgIpc) is 3.57. The van der Waals surface area contributed by atoms with Crippen LogP contribution in [-0.2, 0) is 13.7 Å². The highest BCUT2D eigenvalue weighted by atomic mass is 32.1. The summed E-state index contributed by atoms with van der Waals surface area (Å²) < 4.78 is 13.0. The van der Waals surface area contributed by atoms with Gasteiger partial charge in [0.25, 0.3) is 5.91 Å². The molecule has 0 aliphatic carbocycles. The number of hydrogen-bond donors (Lipinski definition) is 1. The second kappa shape index (κ2) is 9.55. The van der Waals surface area contributed by atoms with Gasteiger partial charge in [-0.05, 0) is 32.0 Å². The van der Waals surface area contributed by atoms with E-state index in [0.29, 0.717) is 23.1 Å². The number of nitrogens with one attached hydrogen (secondary N) is 1. The van der Waals surface area contributed by atoms with Gasteiger partial charge < -0.3 is 13.8 Å². The number of imidazole rings is 1. The lowest BCUT2D eigenvalue weighted by atomic mass is 10.1. The van der Waals surface area contributed by atoms with Crippen LogP contribution in [0.25, 0.3) is 22.0 Å². The minimum absolute atomic E-state index is 0.271. The number of benzene rings is 2. The number of hydrogen-bond acceptors (Lipinski definition) is 7. The normalized spacial score (nSPS) is 10.9. The molecule has 9 heteroatoms. The quantitative estimate of drug-likeness (QED) is 0.320. The zero-order valence-electron chi connectivity index (χ0n) is 19.5. The molecular weight excluding hydrogens is 462 g/mol. The summed E-state index contributed by atoms with van der Waals surface area (Å²) in [6, 6.07) is 16.9. The van der Waals surface area contributed by atoms with Gasteiger partial charge in [0, 0.05) is 30.6 Å². The predicted octanol–water partition coefficient (Wildman–Crippen LogP) is 5.65. The zero-order chi connectivity index (χ0) is 24.4. The first-order chi connectivity index (χ1) is 17.0. The highest BCUT2D eigenvalue weighted by Gasteiger charge is 2.20. The smallest absolute Gasteiger partial charge is 0.257 e. The van der Waals surface area contributed by atoms with Gasteiger partial charge in [-0.3, -0.25) is 10.1 Å². The Labute approximate surface area is 206 Å². The van der Waals surface area contributed by atoms with Crippen molar-refractivity contribution in [2.75, 3.05) is 5.32 Å². The van der Waals surface area contributed by atoms with E-state index < -0.39 is 0 Å². The number of nitrogens with zero attached hydrogens (tertiary/aromatic N) is 4. The van der Waals surface area contributed by atoms with Gasteiger partial charge in [-0.25, -0.2) is 9.97 Å². The van der Waals surface area contributed by atoms with Crippen LogP contribution in [-0.4, -0.2) is 25.6 Å². The summed E-state index contributed by atoms with van der Waals surface area (Å²) in [6.07, 6.45) is 3.63. The molecule has 0 aliphatic rings. The maximum atomic E-state index is 13.1.